The number of hydrogen-bond acceptors (Lipinski definition) is 5. The Kier molecular flexibility index (Phi) is 6.70. The number of hydrogen-bond donors (Lipinski definition) is 2. The standard InChI is InChI=1S/C18H23N3O4S/c1-5-25-17(23)15-11(2)21(3)18(26)20-16(15)12-6-8-13(9-7-12)19-14(22)10-24-4/h6-9,16H,5,10H2,1-4H3,(H,19,22)(H,20,26)/t16-/m0/s1. The van der Waals surface area contributed by atoms with E-state index in [1.54, 1.807) is 31.0 Å². The molecule has 2 N–H and O–H groups in total. The minimum absolute atomic E-state index is 0.0124. The molecule has 0 fully saturated rings. The summed E-state index contributed by atoms with van der Waals surface area (Å²) in [4.78, 5) is 25.8. The Bertz CT molecular complexity index is 730. The number of allylic oxidation sites excluding steroid dienone is 1. The third kappa shape index (κ3) is 4.39. The van der Waals surface area contributed by atoms with E-state index in [0.29, 0.717) is 23.0 Å². The van der Waals surface area contributed by atoms with Gasteiger partial charge in [-0.15, -0.1) is 0 Å². The second-order valence-electron chi connectivity index (χ2n) is 5.76. The quantitative estimate of drug-likeness (QED) is 0.579. The lowest BCUT2D eigenvalue weighted by molar-refractivity contribution is -0.139. The van der Waals surface area contributed by atoms with Crippen LogP contribution >= 0.6 is 12.2 Å². The van der Waals surface area contributed by atoms with Crippen LogP contribution in [-0.4, -0.2) is 49.3 Å². The number of amides is 1. The Morgan fingerprint density at radius 1 is 1.31 bits per heavy atom. The van der Waals surface area contributed by atoms with Crippen molar-refractivity contribution < 1.29 is 19.1 Å². The molecule has 2 rings (SSSR count). The van der Waals surface area contributed by atoms with E-state index >= 15 is 0 Å². The van der Waals surface area contributed by atoms with Crippen molar-refractivity contribution in [2.75, 3.05) is 32.7 Å². The van der Waals surface area contributed by atoms with Crippen molar-refractivity contribution in [3.8, 4) is 0 Å². The molecule has 1 aromatic carbocycles. The number of thiocarbonyl (C=S) groups is 1. The van der Waals surface area contributed by atoms with Gasteiger partial charge in [-0.05, 0) is 43.8 Å². The van der Waals surface area contributed by atoms with Crippen LogP contribution in [0.3, 0.4) is 0 Å². The summed E-state index contributed by atoms with van der Waals surface area (Å²) in [5.74, 6) is -0.615. The Morgan fingerprint density at radius 3 is 2.54 bits per heavy atom. The molecule has 0 saturated heterocycles. The van der Waals surface area contributed by atoms with Gasteiger partial charge in [0.05, 0.1) is 18.2 Å². The lowest BCUT2D eigenvalue weighted by atomic mass is 9.95. The maximum Gasteiger partial charge on any atom is 0.338 e. The fourth-order valence-electron chi connectivity index (χ4n) is 2.65. The summed E-state index contributed by atoms with van der Waals surface area (Å²) in [5.41, 5.74) is 2.74. The first kappa shape index (κ1) is 19.9. The number of ether oxygens (including phenoxy) is 2. The Hall–Kier alpha value is -2.45. The molecule has 0 bridgehead atoms. The first-order chi connectivity index (χ1) is 12.4. The molecule has 1 aliphatic heterocycles. The maximum atomic E-state index is 12.5. The van der Waals surface area contributed by atoms with Crippen LogP contribution in [0.2, 0.25) is 0 Å². The number of nitrogens with zero attached hydrogens (tertiary/aromatic N) is 1. The van der Waals surface area contributed by atoms with E-state index in [1.165, 1.54) is 7.11 Å². The Balaban J connectivity index is 2.30. The van der Waals surface area contributed by atoms with Crippen LogP contribution in [0.25, 0.3) is 0 Å². The summed E-state index contributed by atoms with van der Waals surface area (Å²) in [7, 11) is 3.26. The fraction of sp³-hybridized carbons (Fsp3) is 0.389. The third-order valence-electron chi connectivity index (χ3n) is 4.05. The van der Waals surface area contributed by atoms with Gasteiger partial charge in [0.25, 0.3) is 0 Å². The molecule has 26 heavy (non-hydrogen) atoms. The predicted molar refractivity (Wildman–Crippen MR) is 103 cm³/mol. The molecule has 8 heteroatoms. The van der Waals surface area contributed by atoms with Crippen molar-refractivity contribution in [3.63, 3.8) is 0 Å². The van der Waals surface area contributed by atoms with Crippen LogP contribution < -0.4 is 10.6 Å². The van der Waals surface area contributed by atoms with E-state index < -0.39 is 6.04 Å². The molecule has 1 atom stereocenters. The highest BCUT2D eigenvalue weighted by molar-refractivity contribution is 7.80. The van der Waals surface area contributed by atoms with E-state index in [9.17, 15) is 9.59 Å². The van der Waals surface area contributed by atoms with Crippen molar-refractivity contribution in [2.24, 2.45) is 0 Å². The third-order valence-corrected chi connectivity index (χ3v) is 4.44. The van der Waals surface area contributed by atoms with E-state index in [4.69, 9.17) is 21.7 Å². The lowest BCUT2D eigenvalue weighted by Crippen LogP contribution is -2.46. The molecule has 0 unspecified atom stereocenters. The van der Waals surface area contributed by atoms with E-state index in [0.717, 1.165) is 11.3 Å². The van der Waals surface area contributed by atoms with E-state index in [-0.39, 0.29) is 18.5 Å². The Labute approximate surface area is 158 Å². The van der Waals surface area contributed by atoms with Gasteiger partial charge in [0, 0.05) is 25.5 Å². The number of benzene rings is 1. The molecule has 0 aromatic heterocycles. The molecule has 1 amide bonds. The van der Waals surface area contributed by atoms with Crippen molar-refractivity contribution in [1.82, 2.24) is 10.2 Å². The first-order valence-electron chi connectivity index (χ1n) is 8.19. The average molecular weight is 377 g/mol. The zero-order valence-electron chi connectivity index (χ0n) is 15.3. The fourth-order valence-corrected chi connectivity index (χ4v) is 2.90. The number of carbonyl (C=O) groups is 2. The highest BCUT2D eigenvalue weighted by atomic mass is 32.1. The summed E-state index contributed by atoms with van der Waals surface area (Å²) < 4.78 is 10.0. The largest absolute Gasteiger partial charge is 0.463 e. The monoisotopic (exact) mass is 377 g/mol. The molecule has 1 aromatic rings. The molecule has 0 spiro atoms. The van der Waals surface area contributed by atoms with Crippen LogP contribution in [-0.2, 0) is 19.1 Å². The van der Waals surface area contributed by atoms with Gasteiger partial charge in [-0.1, -0.05) is 12.1 Å². The maximum absolute atomic E-state index is 12.5. The highest BCUT2D eigenvalue weighted by Gasteiger charge is 2.33. The van der Waals surface area contributed by atoms with Crippen molar-refractivity contribution in [2.45, 2.75) is 19.9 Å². The molecule has 140 valence electrons. The SMILES string of the molecule is CCOC(=O)C1=C(C)N(C)C(=S)N[C@H]1c1ccc(NC(=O)COC)cc1. The number of anilines is 1. The molecule has 0 saturated carbocycles. The van der Waals surface area contributed by atoms with E-state index in [1.807, 2.05) is 19.1 Å². The number of nitrogens with one attached hydrogen (secondary N) is 2. The van der Waals surface area contributed by atoms with Crippen molar-refractivity contribution in [1.29, 1.82) is 0 Å². The molecule has 7 nitrogen and oxygen atoms in total. The summed E-state index contributed by atoms with van der Waals surface area (Å²) in [5, 5.41) is 6.43. The normalized spacial score (nSPS) is 17.0. The molecule has 0 radical (unpaired) electrons. The average Bonchev–Trinajstić information content (AvgIpc) is 2.60. The Morgan fingerprint density at radius 2 is 1.96 bits per heavy atom. The van der Waals surface area contributed by atoms with Gasteiger partial charge < -0.3 is 25.0 Å². The number of methoxy groups -OCH3 is 1. The van der Waals surface area contributed by atoms with Gasteiger partial charge in [-0.3, -0.25) is 4.79 Å². The highest BCUT2D eigenvalue weighted by Crippen LogP contribution is 2.31. The van der Waals surface area contributed by atoms with Crippen molar-refractivity contribution in [3.05, 3.63) is 41.1 Å². The lowest BCUT2D eigenvalue weighted by Gasteiger charge is -2.35. The topological polar surface area (TPSA) is 79.9 Å². The summed E-state index contributed by atoms with van der Waals surface area (Å²) in [6, 6.07) is 6.79. The first-order valence-corrected chi connectivity index (χ1v) is 8.60. The molecule has 0 aliphatic carbocycles. The number of esters is 1. The predicted octanol–water partition coefficient (Wildman–Crippen LogP) is 1.97. The van der Waals surface area contributed by atoms with E-state index in [2.05, 4.69) is 10.6 Å². The summed E-state index contributed by atoms with van der Waals surface area (Å²) in [6.45, 7) is 3.89. The van der Waals surface area contributed by atoms with Crippen molar-refractivity contribution >= 4 is 34.9 Å². The van der Waals surface area contributed by atoms with Gasteiger partial charge >= 0.3 is 5.97 Å². The number of rotatable bonds is 6. The summed E-state index contributed by atoms with van der Waals surface area (Å²) in [6.07, 6.45) is 0. The smallest absolute Gasteiger partial charge is 0.338 e. The molecule has 1 aliphatic rings. The minimum Gasteiger partial charge on any atom is -0.463 e. The van der Waals surface area contributed by atoms with Gasteiger partial charge in [-0.25, -0.2) is 4.79 Å². The van der Waals surface area contributed by atoms with Gasteiger partial charge in [0.15, 0.2) is 5.11 Å². The van der Waals surface area contributed by atoms with Crippen LogP contribution in [0.4, 0.5) is 5.69 Å². The minimum atomic E-state index is -0.415. The second kappa shape index (κ2) is 8.77. The number of carbonyl (C=O) groups excluding carboxylic acids is 2. The summed E-state index contributed by atoms with van der Waals surface area (Å²) >= 11 is 5.36. The van der Waals surface area contributed by atoms with Gasteiger partial charge in [0.2, 0.25) is 5.91 Å². The van der Waals surface area contributed by atoms with Crippen LogP contribution in [0, 0.1) is 0 Å². The van der Waals surface area contributed by atoms with Gasteiger partial charge in [-0.2, -0.15) is 0 Å². The zero-order valence-corrected chi connectivity index (χ0v) is 16.1. The van der Waals surface area contributed by atoms with Crippen LogP contribution in [0.5, 0.6) is 0 Å². The van der Waals surface area contributed by atoms with Crippen LogP contribution in [0.15, 0.2) is 35.5 Å². The van der Waals surface area contributed by atoms with Gasteiger partial charge in [0.1, 0.15) is 6.61 Å². The second-order valence-corrected chi connectivity index (χ2v) is 6.15. The zero-order chi connectivity index (χ0) is 19.3. The van der Waals surface area contributed by atoms with Crippen LogP contribution in [0.1, 0.15) is 25.5 Å². The molecular formula is C18H23N3O4S. The molecular weight excluding hydrogens is 354 g/mol. The molecule has 1 heterocycles.